The third-order valence-electron chi connectivity index (χ3n) is 1.84. The molecule has 0 aliphatic carbocycles. The fraction of sp³-hybridized carbons (Fsp3) is 0.333. The maximum absolute atomic E-state index is 4.02. The van der Waals surface area contributed by atoms with Crippen LogP contribution in [-0.2, 0) is 6.54 Å². The molecule has 1 rings (SSSR count). The normalized spacial score (nSPS) is 11.6. The first-order valence-corrected chi connectivity index (χ1v) is 6.32. The number of hydrogen-bond donors (Lipinski definition) is 2. The molecule has 0 aliphatic rings. The molecule has 0 fully saturated rings. The van der Waals surface area contributed by atoms with Gasteiger partial charge in [0.2, 0.25) is 0 Å². The Morgan fingerprint density at radius 1 is 1.62 bits per heavy atom. The average Bonchev–Trinajstić information content (AvgIpc) is 2.29. The zero-order valence-electron chi connectivity index (χ0n) is 9.20. The first kappa shape index (κ1) is 13.3. The van der Waals surface area contributed by atoms with Crippen LogP contribution in [0.2, 0.25) is 0 Å². The van der Waals surface area contributed by atoms with E-state index in [0.717, 1.165) is 22.2 Å². The van der Waals surface area contributed by atoms with Gasteiger partial charge in [-0.05, 0) is 36.0 Å². The highest BCUT2D eigenvalue weighted by molar-refractivity contribution is 9.10. The summed E-state index contributed by atoms with van der Waals surface area (Å²) in [5.41, 5.74) is 1.63. The second-order valence-corrected chi connectivity index (χ2v) is 4.56. The van der Waals surface area contributed by atoms with Gasteiger partial charge in [0, 0.05) is 36.1 Å². The average molecular weight is 304 g/mol. The van der Waals surface area contributed by atoms with E-state index < -0.39 is 0 Å². The largest absolute Gasteiger partial charge is 0.329 e. The predicted molar refractivity (Wildman–Crippen MR) is 73.2 cm³/mol. The lowest BCUT2D eigenvalue weighted by Crippen LogP contribution is -2.23. The van der Waals surface area contributed by atoms with Crippen molar-refractivity contribution in [1.82, 2.24) is 9.29 Å². The van der Waals surface area contributed by atoms with Crippen LogP contribution in [0.25, 0.3) is 0 Å². The van der Waals surface area contributed by atoms with Crippen molar-refractivity contribution in [2.45, 2.75) is 13.5 Å². The molecule has 1 aromatic rings. The molecular formula is C9H14BrN5S. The minimum atomic E-state index is 0.753. The molecule has 0 unspecified atom stereocenters. The Hall–Kier alpha value is -0.790. The zero-order valence-corrected chi connectivity index (χ0v) is 11.6. The van der Waals surface area contributed by atoms with Crippen LogP contribution >= 0.6 is 28.1 Å². The molecule has 0 aromatic carbocycles. The maximum Gasteiger partial charge on any atom is 0.179 e. The number of rotatable bonds is 5. The summed E-state index contributed by atoms with van der Waals surface area (Å²) in [5.74, 6) is 0. The quantitative estimate of drug-likeness (QED) is 0.497. The highest BCUT2D eigenvalue weighted by Crippen LogP contribution is 2.14. The summed E-state index contributed by atoms with van der Waals surface area (Å²) >= 11 is 4.83. The smallest absolute Gasteiger partial charge is 0.179 e. The second-order valence-electron chi connectivity index (χ2n) is 2.83. The van der Waals surface area contributed by atoms with Gasteiger partial charge in [-0.3, -0.25) is 0 Å². The molecule has 0 atom stereocenters. The molecule has 1 aromatic heterocycles. The number of anilines is 1. The Labute approximate surface area is 107 Å². The van der Waals surface area contributed by atoms with Crippen LogP contribution in [0.3, 0.4) is 0 Å². The van der Waals surface area contributed by atoms with Gasteiger partial charge in [0.25, 0.3) is 0 Å². The number of aryl methyl sites for hydroxylation is 1. The lowest BCUT2D eigenvalue weighted by atomic mass is 10.4. The van der Waals surface area contributed by atoms with Crippen molar-refractivity contribution >= 4 is 40.5 Å². The Morgan fingerprint density at radius 3 is 2.94 bits per heavy atom. The SMILES string of the molecule is C=N/N=c1/c(NSNC)cc(Br)cn1CC. The van der Waals surface area contributed by atoms with Crippen molar-refractivity contribution < 1.29 is 0 Å². The van der Waals surface area contributed by atoms with Crippen LogP contribution < -0.4 is 14.9 Å². The number of hydrogen-bond acceptors (Lipinski definition) is 5. The highest BCUT2D eigenvalue weighted by Gasteiger charge is 2.02. The molecule has 0 aliphatic heterocycles. The van der Waals surface area contributed by atoms with E-state index in [2.05, 4.69) is 42.3 Å². The lowest BCUT2D eigenvalue weighted by Gasteiger charge is -2.10. The molecule has 0 radical (unpaired) electrons. The fourth-order valence-corrected chi connectivity index (χ4v) is 2.04. The molecule has 0 amide bonds. The van der Waals surface area contributed by atoms with Gasteiger partial charge in [0.05, 0.1) is 5.69 Å². The Morgan fingerprint density at radius 2 is 2.38 bits per heavy atom. The zero-order chi connectivity index (χ0) is 12.0. The molecule has 5 nitrogen and oxygen atoms in total. The summed E-state index contributed by atoms with van der Waals surface area (Å²) in [6.45, 7) is 6.24. The Kier molecular flexibility index (Phi) is 5.58. The second kappa shape index (κ2) is 6.72. The van der Waals surface area contributed by atoms with Crippen molar-refractivity contribution in [3.05, 3.63) is 22.2 Å². The molecule has 0 spiro atoms. The molecule has 88 valence electrons. The first-order valence-electron chi connectivity index (χ1n) is 4.71. The van der Waals surface area contributed by atoms with E-state index in [1.165, 1.54) is 12.1 Å². The topological polar surface area (TPSA) is 53.7 Å². The number of nitrogens with zero attached hydrogens (tertiary/aromatic N) is 3. The molecule has 0 saturated heterocycles. The number of nitrogens with one attached hydrogen (secondary N) is 2. The summed E-state index contributed by atoms with van der Waals surface area (Å²) in [6, 6.07) is 1.94. The van der Waals surface area contributed by atoms with Crippen LogP contribution in [0, 0.1) is 0 Å². The van der Waals surface area contributed by atoms with Gasteiger partial charge in [0.15, 0.2) is 5.49 Å². The maximum atomic E-state index is 4.02. The van der Waals surface area contributed by atoms with E-state index in [1.54, 1.807) is 0 Å². The number of pyridine rings is 1. The first-order chi connectivity index (χ1) is 7.72. The Bertz CT molecular complexity index is 428. The predicted octanol–water partition coefficient (Wildman–Crippen LogP) is 1.98. The van der Waals surface area contributed by atoms with Crippen molar-refractivity contribution in [3.8, 4) is 0 Å². The van der Waals surface area contributed by atoms with Gasteiger partial charge in [-0.25, -0.2) is 4.72 Å². The number of halogens is 1. The fourth-order valence-electron chi connectivity index (χ4n) is 1.20. The summed E-state index contributed by atoms with van der Waals surface area (Å²) < 4.78 is 9.04. The van der Waals surface area contributed by atoms with Gasteiger partial charge in [-0.15, -0.1) is 5.10 Å². The molecule has 1 heterocycles. The minimum Gasteiger partial charge on any atom is -0.329 e. The minimum absolute atomic E-state index is 0.753. The van der Waals surface area contributed by atoms with Crippen LogP contribution in [0.1, 0.15) is 6.92 Å². The van der Waals surface area contributed by atoms with Crippen molar-refractivity contribution in [2.24, 2.45) is 10.2 Å². The summed E-state index contributed by atoms with van der Waals surface area (Å²) in [4.78, 5) is 0. The van der Waals surface area contributed by atoms with Gasteiger partial charge in [0.1, 0.15) is 0 Å². The molecule has 0 saturated carbocycles. The molecule has 7 heteroatoms. The monoisotopic (exact) mass is 303 g/mol. The van der Waals surface area contributed by atoms with E-state index in [4.69, 9.17) is 0 Å². The van der Waals surface area contributed by atoms with Gasteiger partial charge in [-0.1, -0.05) is 0 Å². The van der Waals surface area contributed by atoms with Crippen LogP contribution in [0.4, 0.5) is 5.69 Å². The van der Waals surface area contributed by atoms with E-state index in [1.807, 2.05) is 30.8 Å². The summed E-state index contributed by atoms with van der Waals surface area (Å²) in [7, 11) is 1.84. The van der Waals surface area contributed by atoms with Crippen molar-refractivity contribution in [3.63, 3.8) is 0 Å². The lowest BCUT2D eigenvalue weighted by molar-refractivity contribution is 0.705. The molecular weight excluding hydrogens is 290 g/mol. The Balaban J connectivity index is 3.27. The highest BCUT2D eigenvalue weighted by atomic mass is 79.9. The third kappa shape index (κ3) is 3.36. The molecule has 16 heavy (non-hydrogen) atoms. The van der Waals surface area contributed by atoms with Crippen LogP contribution in [0.15, 0.2) is 26.9 Å². The third-order valence-corrected chi connectivity index (χ3v) is 2.80. The van der Waals surface area contributed by atoms with Crippen molar-refractivity contribution in [2.75, 3.05) is 11.8 Å². The summed E-state index contributed by atoms with van der Waals surface area (Å²) in [5, 5.41) is 7.61. The van der Waals surface area contributed by atoms with E-state index >= 15 is 0 Å². The van der Waals surface area contributed by atoms with Gasteiger partial charge in [-0.2, -0.15) is 5.10 Å². The number of aromatic nitrogens is 1. The van der Waals surface area contributed by atoms with Crippen LogP contribution in [0.5, 0.6) is 0 Å². The molecule has 2 N–H and O–H groups in total. The van der Waals surface area contributed by atoms with Gasteiger partial charge < -0.3 is 9.29 Å². The van der Waals surface area contributed by atoms with Crippen LogP contribution in [-0.4, -0.2) is 18.3 Å². The summed E-state index contributed by atoms with van der Waals surface area (Å²) in [6.07, 6.45) is 1.96. The standard InChI is InChI=1S/C9H14BrN5S/c1-4-15-6-7(10)5-8(14-16-12-3)9(15)13-11-2/h5-6,12,14H,2,4H2,1,3H3/b13-9-. The molecule has 0 bridgehead atoms. The van der Waals surface area contributed by atoms with E-state index in [9.17, 15) is 0 Å². The van der Waals surface area contributed by atoms with Gasteiger partial charge >= 0.3 is 0 Å². The van der Waals surface area contributed by atoms with E-state index in [-0.39, 0.29) is 0 Å². The van der Waals surface area contributed by atoms with Crippen molar-refractivity contribution in [1.29, 1.82) is 0 Å². The van der Waals surface area contributed by atoms with E-state index in [0.29, 0.717) is 0 Å².